The molecule has 0 spiro atoms. The summed E-state index contributed by atoms with van der Waals surface area (Å²) in [7, 11) is 0. The molecule has 2 aliphatic heterocycles. The first-order valence-electron chi connectivity index (χ1n) is 19.0. The van der Waals surface area contributed by atoms with Gasteiger partial charge in [0.25, 0.3) is 0 Å². The van der Waals surface area contributed by atoms with E-state index in [0.29, 0.717) is 31.9 Å². The number of unbranched alkanes of at least 4 members (excludes halogenated alkanes) is 12. The molecule has 4 rings (SSSR count). The van der Waals surface area contributed by atoms with Gasteiger partial charge in [0.2, 0.25) is 0 Å². The van der Waals surface area contributed by atoms with Gasteiger partial charge in [0.05, 0.1) is 29.1 Å². The number of rotatable bonds is 22. The van der Waals surface area contributed by atoms with E-state index < -0.39 is 11.7 Å². The van der Waals surface area contributed by atoms with Crippen molar-refractivity contribution in [2.75, 3.05) is 44.3 Å². The topological polar surface area (TPSA) is 42.0 Å². The molecular formula is C40H59F3N2O3S. The molecule has 274 valence electrons. The van der Waals surface area contributed by atoms with Crippen molar-refractivity contribution in [3.8, 4) is 0 Å². The number of ether oxygens (including phenoxy) is 2. The van der Waals surface area contributed by atoms with Crippen LogP contribution in [0.3, 0.4) is 0 Å². The van der Waals surface area contributed by atoms with Gasteiger partial charge in [-0.15, -0.1) is 0 Å². The molecule has 5 nitrogen and oxygen atoms in total. The second-order valence-corrected chi connectivity index (χ2v) is 15.2. The van der Waals surface area contributed by atoms with E-state index in [4.69, 9.17) is 9.47 Å². The number of anilines is 2. The summed E-state index contributed by atoms with van der Waals surface area (Å²) in [5.41, 5.74) is 0.733. The quantitative estimate of drug-likeness (QED) is 0.0898. The van der Waals surface area contributed by atoms with E-state index in [1.807, 2.05) is 29.2 Å². The molecular weight excluding hydrogens is 646 g/mol. The molecule has 0 bridgehead atoms. The Kier molecular flexibility index (Phi) is 16.6. The molecule has 1 fully saturated rings. The Morgan fingerprint density at radius 3 is 2.04 bits per heavy atom. The van der Waals surface area contributed by atoms with Crippen molar-refractivity contribution in [3.63, 3.8) is 0 Å². The first kappa shape index (κ1) is 39.6. The van der Waals surface area contributed by atoms with Crippen LogP contribution in [0.15, 0.2) is 52.3 Å². The molecule has 2 aromatic rings. The van der Waals surface area contributed by atoms with Crippen molar-refractivity contribution in [2.24, 2.45) is 0 Å². The Balaban J connectivity index is 1.05. The van der Waals surface area contributed by atoms with Gasteiger partial charge in [-0.2, -0.15) is 13.2 Å². The van der Waals surface area contributed by atoms with Gasteiger partial charge >= 0.3 is 12.1 Å². The van der Waals surface area contributed by atoms with Gasteiger partial charge in [-0.05, 0) is 69.5 Å². The van der Waals surface area contributed by atoms with E-state index in [-0.39, 0.29) is 11.6 Å². The molecule has 2 aromatic carbocycles. The maximum Gasteiger partial charge on any atom is 0.416 e. The Hall–Kier alpha value is -2.23. The van der Waals surface area contributed by atoms with Crippen LogP contribution < -0.4 is 4.90 Å². The highest BCUT2D eigenvalue weighted by molar-refractivity contribution is 7.99. The van der Waals surface area contributed by atoms with E-state index in [0.717, 1.165) is 67.2 Å². The molecule has 0 N–H and O–H groups in total. The summed E-state index contributed by atoms with van der Waals surface area (Å²) >= 11 is 1.53. The molecule has 0 saturated carbocycles. The van der Waals surface area contributed by atoms with Crippen molar-refractivity contribution in [2.45, 2.75) is 145 Å². The number of esters is 1. The van der Waals surface area contributed by atoms with Gasteiger partial charge in [0.1, 0.15) is 6.61 Å². The lowest BCUT2D eigenvalue weighted by molar-refractivity contribution is -0.149. The van der Waals surface area contributed by atoms with Crippen LogP contribution in [0.1, 0.15) is 129 Å². The smallest absolute Gasteiger partial charge is 0.416 e. The highest BCUT2D eigenvalue weighted by Crippen LogP contribution is 2.49. The normalized spacial score (nSPS) is 16.0. The number of hydrogen-bond acceptors (Lipinski definition) is 6. The van der Waals surface area contributed by atoms with Crippen LogP contribution in [0.2, 0.25) is 0 Å². The lowest BCUT2D eigenvalue weighted by Crippen LogP contribution is -2.45. The highest BCUT2D eigenvalue weighted by atomic mass is 32.2. The number of para-hydroxylation sites is 1. The maximum absolute atomic E-state index is 13.5. The molecule has 0 radical (unpaired) electrons. The van der Waals surface area contributed by atoms with Crippen LogP contribution in [0.25, 0.3) is 0 Å². The zero-order valence-corrected chi connectivity index (χ0v) is 30.8. The van der Waals surface area contributed by atoms with Crippen LogP contribution in [0, 0.1) is 0 Å². The molecule has 2 heterocycles. The van der Waals surface area contributed by atoms with E-state index in [9.17, 15) is 18.0 Å². The van der Waals surface area contributed by atoms with E-state index >= 15 is 0 Å². The second-order valence-electron chi connectivity index (χ2n) is 14.1. The average Bonchev–Trinajstić information content (AvgIpc) is 3.09. The summed E-state index contributed by atoms with van der Waals surface area (Å²) in [5.74, 6) is -0.126. The van der Waals surface area contributed by atoms with Gasteiger partial charge in [-0.1, -0.05) is 108 Å². The molecule has 0 aromatic heterocycles. The van der Waals surface area contributed by atoms with Crippen molar-refractivity contribution in [1.29, 1.82) is 0 Å². The van der Waals surface area contributed by atoms with Crippen LogP contribution >= 0.6 is 11.8 Å². The first-order valence-corrected chi connectivity index (χ1v) is 19.8. The summed E-state index contributed by atoms with van der Waals surface area (Å²) in [6, 6.07) is 12.0. The summed E-state index contributed by atoms with van der Waals surface area (Å²) in [6.07, 6.45) is 15.4. The lowest BCUT2D eigenvalue weighted by atomic mass is 9.93. The predicted molar refractivity (Wildman–Crippen MR) is 195 cm³/mol. The highest BCUT2D eigenvalue weighted by Gasteiger charge is 2.34. The van der Waals surface area contributed by atoms with Crippen molar-refractivity contribution in [3.05, 3.63) is 48.0 Å². The third-order valence-corrected chi connectivity index (χ3v) is 11.1. The average molecular weight is 705 g/mol. The third-order valence-electron chi connectivity index (χ3n) is 10.0. The summed E-state index contributed by atoms with van der Waals surface area (Å²) in [5, 5.41) is 0. The Labute approximate surface area is 297 Å². The molecule has 49 heavy (non-hydrogen) atoms. The molecule has 2 aliphatic rings. The van der Waals surface area contributed by atoms with Crippen molar-refractivity contribution < 1.29 is 27.4 Å². The van der Waals surface area contributed by atoms with Crippen LogP contribution in [0.4, 0.5) is 24.5 Å². The van der Waals surface area contributed by atoms with Gasteiger partial charge in [-0.3, -0.25) is 4.79 Å². The van der Waals surface area contributed by atoms with E-state index in [2.05, 4.69) is 18.7 Å². The summed E-state index contributed by atoms with van der Waals surface area (Å²) < 4.78 is 52.3. The van der Waals surface area contributed by atoms with E-state index in [1.165, 1.54) is 94.5 Å². The molecule has 0 aliphatic carbocycles. The Bertz CT molecular complexity index is 1270. The van der Waals surface area contributed by atoms with Crippen LogP contribution in [-0.2, 0) is 20.4 Å². The van der Waals surface area contributed by atoms with Gasteiger partial charge in [0, 0.05) is 35.8 Å². The fraction of sp³-hybridized carbons (Fsp3) is 0.675. The number of nitrogens with zero attached hydrogens (tertiary/aromatic N) is 2. The SMILES string of the molecule is CCCCCCCCCCCCCCCC(=O)OCCOC1(C)CCN(CCCN2c3ccccc3Sc3ccc(C(F)(F)F)cc32)CC1. The number of hydrogen-bond donors (Lipinski definition) is 0. The van der Waals surface area contributed by atoms with Gasteiger partial charge < -0.3 is 19.3 Å². The molecule has 9 heteroatoms. The molecule has 1 saturated heterocycles. The molecule has 0 unspecified atom stereocenters. The second kappa shape index (κ2) is 20.6. The number of alkyl halides is 3. The third kappa shape index (κ3) is 13.4. The Morgan fingerprint density at radius 1 is 0.776 bits per heavy atom. The standard InChI is InChI=1S/C40H59F3N2O3S/c1-3-4-5-6-7-8-9-10-11-12-13-14-15-21-38(46)47-30-31-48-39(2)24-28-44(29-25-39)26-18-27-45-34-19-16-17-20-36(34)49-37-23-22-33(32-35(37)45)40(41,42)43/h16-17,19-20,22-23,32H,3-15,18,21,24-31H2,1-2H3. The minimum absolute atomic E-state index is 0.126. The molecule has 0 atom stereocenters. The Morgan fingerprint density at radius 2 is 1.39 bits per heavy atom. The number of halogens is 3. The van der Waals surface area contributed by atoms with Crippen LogP contribution in [0.5, 0.6) is 0 Å². The lowest BCUT2D eigenvalue weighted by Gasteiger charge is -2.39. The summed E-state index contributed by atoms with van der Waals surface area (Å²) in [6.45, 7) is 8.41. The number of carbonyl (C=O) groups excluding carboxylic acids is 1. The van der Waals surface area contributed by atoms with Crippen molar-refractivity contribution in [1.82, 2.24) is 4.90 Å². The summed E-state index contributed by atoms with van der Waals surface area (Å²) in [4.78, 5) is 18.6. The maximum atomic E-state index is 13.5. The fourth-order valence-electron chi connectivity index (χ4n) is 6.90. The fourth-order valence-corrected chi connectivity index (χ4v) is 7.97. The van der Waals surface area contributed by atoms with Gasteiger partial charge in [-0.25, -0.2) is 0 Å². The predicted octanol–water partition coefficient (Wildman–Crippen LogP) is 11.6. The molecule has 0 amide bonds. The number of fused-ring (bicyclic) bond motifs is 2. The number of carbonyl (C=O) groups is 1. The number of benzene rings is 2. The van der Waals surface area contributed by atoms with Gasteiger partial charge in [0.15, 0.2) is 0 Å². The number of likely N-dealkylation sites (tertiary alicyclic amines) is 1. The minimum atomic E-state index is -4.38. The first-order chi connectivity index (χ1) is 23.7. The van der Waals surface area contributed by atoms with Crippen LogP contribution in [-0.4, -0.2) is 55.9 Å². The monoisotopic (exact) mass is 704 g/mol. The minimum Gasteiger partial charge on any atom is -0.463 e. The zero-order chi connectivity index (χ0) is 35.0. The largest absolute Gasteiger partial charge is 0.463 e. The van der Waals surface area contributed by atoms with Crippen molar-refractivity contribution >= 4 is 29.1 Å². The van der Waals surface area contributed by atoms with E-state index in [1.54, 1.807) is 6.07 Å². The number of piperidine rings is 1. The zero-order valence-electron chi connectivity index (χ0n) is 30.0.